The molecule has 2 atom stereocenters. The Kier molecular flexibility index (Phi) is 5.17. The minimum Gasteiger partial charge on any atom is -0.481 e. The lowest BCUT2D eigenvalue weighted by molar-refractivity contribution is -0.142. The summed E-state index contributed by atoms with van der Waals surface area (Å²) in [5.41, 5.74) is 0. The van der Waals surface area contributed by atoms with Crippen LogP contribution in [0, 0.1) is 5.92 Å². The molecule has 1 amide bonds. The minimum atomic E-state index is -0.909. The molecule has 1 aliphatic heterocycles. The van der Waals surface area contributed by atoms with Gasteiger partial charge in [0.1, 0.15) is 5.92 Å². The van der Waals surface area contributed by atoms with E-state index in [2.05, 4.69) is 15.9 Å². The van der Waals surface area contributed by atoms with Gasteiger partial charge in [0, 0.05) is 6.54 Å². The molecular weight excluding hydrogens is 346 g/mol. The van der Waals surface area contributed by atoms with Crippen molar-refractivity contribution in [3.63, 3.8) is 0 Å². The van der Waals surface area contributed by atoms with Crippen molar-refractivity contribution in [3.05, 3.63) is 20.8 Å². The first-order valence-corrected chi connectivity index (χ1v) is 8.02. The van der Waals surface area contributed by atoms with Crippen molar-refractivity contribution in [2.45, 2.75) is 19.4 Å². The molecule has 0 aliphatic carbocycles. The number of thiophene rings is 1. The first-order chi connectivity index (χ1) is 9.54. The van der Waals surface area contributed by atoms with Gasteiger partial charge in [0.2, 0.25) is 0 Å². The maximum atomic E-state index is 12.6. The van der Waals surface area contributed by atoms with Gasteiger partial charge >= 0.3 is 5.97 Å². The van der Waals surface area contributed by atoms with E-state index in [4.69, 9.17) is 4.74 Å². The summed E-state index contributed by atoms with van der Waals surface area (Å²) in [5, 5.41) is 9.23. The van der Waals surface area contributed by atoms with Crippen LogP contribution in [0.1, 0.15) is 23.0 Å². The van der Waals surface area contributed by atoms with Crippen LogP contribution in [0.25, 0.3) is 0 Å². The summed E-state index contributed by atoms with van der Waals surface area (Å²) in [6, 6.07) is 3.19. The van der Waals surface area contributed by atoms with Crippen LogP contribution in [-0.2, 0) is 9.53 Å². The molecule has 2 unspecified atom stereocenters. The third-order valence-corrected chi connectivity index (χ3v) is 4.89. The number of hydrogen-bond donors (Lipinski definition) is 1. The number of amides is 1. The van der Waals surface area contributed by atoms with Crippen molar-refractivity contribution < 1.29 is 19.4 Å². The number of carboxylic acids is 1. The first-order valence-electron chi connectivity index (χ1n) is 6.41. The fourth-order valence-electron chi connectivity index (χ4n) is 2.32. The number of aliphatic carboxylic acids is 1. The average Bonchev–Trinajstić information content (AvgIpc) is 3.03. The lowest BCUT2D eigenvalue weighted by Gasteiger charge is -2.29. The Bertz CT molecular complexity index is 504. The number of halogens is 1. The van der Waals surface area contributed by atoms with Crippen LogP contribution >= 0.6 is 27.3 Å². The number of carboxylic acid groups (broad SMARTS) is 1. The molecule has 5 nitrogen and oxygen atoms in total. The van der Waals surface area contributed by atoms with Crippen molar-refractivity contribution in [2.24, 2.45) is 5.92 Å². The van der Waals surface area contributed by atoms with E-state index >= 15 is 0 Å². The Morgan fingerprint density at radius 1 is 1.50 bits per heavy atom. The molecule has 1 fully saturated rings. The molecule has 0 saturated carbocycles. The highest BCUT2D eigenvalue weighted by atomic mass is 79.9. The SMILES string of the molecule is CCCN(C(=O)c1ccc(Br)s1)C1COCC1C(=O)O. The monoisotopic (exact) mass is 361 g/mol. The zero-order valence-corrected chi connectivity index (χ0v) is 13.4. The van der Waals surface area contributed by atoms with Crippen molar-refractivity contribution in [1.82, 2.24) is 4.90 Å². The zero-order chi connectivity index (χ0) is 14.7. The molecule has 7 heteroatoms. The highest BCUT2D eigenvalue weighted by Gasteiger charge is 2.40. The van der Waals surface area contributed by atoms with Crippen LogP contribution in [0.3, 0.4) is 0 Å². The van der Waals surface area contributed by atoms with Crippen LogP contribution < -0.4 is 0 Å². The predicted molar refractivity (Wildman–Crippen MR) is 79.1 cm³/mol. The second-order valence-electron chi connectivity index (χ2n) is 4.65. The summed E-state index contributed by atoms with van der Waals surface area (Å²) < 4.78 is 6.15. The minimum absolute atomic E-state index is 0.121. The van der Waals surface area contributed by atoms with Gasteiger partial charge in [-0.25, -0.2) is 0 Å². The van der Waals surface area contributed by atoms with Crippen LogP contribution in [0.2, 0.25) is 0 Å². The van der Waals surface area contributed by atoms with Crippen molar-refractivity contribution in [3.8, 4) is 0 Å². The molecule has 1 N–H and O–H groups in total. The molecule has 1 aromatic rings. The summed E-state index contributed by atoms with van der Waals surface area (Å²) in [7, 11) is 0. The lowest BCUT2D eigenvalue weighted by atomic mass is 10.0. The molecule has 0 spiro atoms. The quantitative estimate of drug-likeness (QED) is 0.874. The fraction of sp³-hybridized carbons (Fsp3) is 0.538. The fourth-order valence-corrected chi connectivity index (χ4v) is 3.66. The molecule has 1 saturated heterocycles. The molecular formula is C13H16BrNO4S. The highest BCUT2D eigenvalue weighted by Crippen LogP contribution is 2.27. The second kappa shape index (κ2) is 6.69. The Labute approximate surface area is 129 Å². The molecule has 110 valence electrons. The molecule has 0 aromatic carbocycles. The Morgan fingerprint density at radius 3 is 2.80 bits per heavy atom. The van der Waals surface area contributed by atoms with E-state index in [1.54, 1.807) is 11.0 Å². The topological polar surface area (TPSA) is 66.8 Å². The summed E-state index contributed by atoms with van der Waals surface area (Å²) in [6.07, 6.45) is 0.779. The summed E-state index contributed by atoms with van der Waals surface area (Å²) in [5.74, 6) is -1.67. The van der Waals surface area contributed by atoms with Crippen LogP contribution in [0.5, 0.6) is 0 Å². The van der Waals surface area contributed by atoms with Crippen molar-refractivity contribution in [2.75, 3.05) is 19.8 Å². The second-order valence-corrected chi connectivity index (χ2v) is 7.11. The van der Waals surface area contributed by atoms with E-state index in [9.17, 15) is 14.7 Å². The Hall–Kier alpha value is -0.920. The number of nitrogens with zero attached hydrogens (tertiary/aromatic N) is 1. The third-order valence-electron chi connectivity index (χ3n) is 3.28. The number of rotatable bonds is 5. The van der Waals surface area contributed by atoms with E-state index in [1.165, 1.54) is 11.3 Å². The first kappa shape index (κ1) is 15.5. The summed E-state index contributed by atoms with van der Waals surface area (Å²) in [4.78, 5) is 26.1. The third kappa shape index (κ3) is 3.21. The number of hydrogen-bond acceptors (Lipinski definition) is 4. The molecule has 20 heavy (non-hydrogen) atoms. The predicted octanol–water partition coefficient (Wildman–Crippen LogP) is 2.46. The normalized spacial score (nSPS) is 21.9. The number of ether oxygens (including phenoxy) is 1. The van der Waals surface area contributed by atoms with Gasteiger partial charge in [0.25, 0.3) is 5.91 Å². The van der Waals surface area contributed by atoms with Gasteiger partial charge in [-0.1, -0.05) is 6.92 Å². The molecule has 0 bridgehead atoms. The van der Waals surface area contributed by atoms with Gasteiger partial charge in [-0.3, -0.25) is 9.59 Å². The molecule has 1 aliphatic rings. The lowest BCUT2D eigenvalue weighted by Crippen LogP contribution is -2.46. The van der Waals surface area contributed by atoms with E-state index in [0.29, 0.717) is 11.4 Å². The maximum Gasteiger partial charge on any atom is 0.311 e. The van der Waals surface area contributed by atoms with Crippen LogP contribution in [-0.4, -0.2) is 47.7 Å². The summed E-state index contributed by atoms with van der Waals surface area (Å²) in [6.45, 7) is 2.96. The smallest absolute Gasteiger partial charge is 0.311 e. The van der Waals surface area contributed by atoms with Gasteiger partial charge in [0.05, 0.1) is 27.9 Å². The largest absolute Gasteiger partial charge is 0.481 e. The zero-order valence-electron chi connectivity index (χ0n) is 11.0. The number of carbonyl (C=O) groups is 2. The number of carbonyl (C=O) groups excluding carboxylic acids is 1. The van der Waals surface area contributed by atoms with Gasteiger partial charge in [-0.05, 0) is 34.5 Å². The van der Waals surface area contributed by atoms with Crippen molar-refractivity contribution >= 4 is 39.1 Å². The molecule has 2 heterocycles. The van der Waals surface area contributed by atoms with Gasteiger partial charge in [-0.15, -0.1) is 11.3 Å². The van der Waals surface area contributed by atoms with E-state index in [1.807, 2.05) is 13.0 Å². The summed E-state index contributed by atoms with van der Waals surface area (Å²) >= 11 is 4.69. The highest BCUT2D eigenvalue weighted by molar-refractivity contribution is 9.11. The van der Waals surface area contributed by atoms with Gasteiger partial charge in [0.15, 0.2) is 0 Å². The molecule has 2 rings (SSSR count). The average molecular weight is 362 g/mol. The Balaban J connectivity index is 2.22. The molecule has 1 aromatic heterocycles. The standard InChI is InChI=1S/C13H16BrNO4S/c1-2-5-15(9-7-19-6-8(9)13(17)18)12(16)10-3-4-11(14)20-10/h3-4,8-9H,2,5-7H2,1H3,(H,17,18). The van der Waals surface area contributed by atoms with Gasteiger partial charge < -0.3 is 14.7 Å². The van der Waals surface area contributed by atoms with E-state index in [0.717, 1.165) is 10.2 Å². The maximum absolute atomic E-state index is 12.6. The molecule has 0 radical (unpaired) electrons. The van der Waals surface area contributed by atoms with Gasteiger partial charge in [-0.2, -0.15) is 0 Å². The van der Waals surface area contributed by atoms with Crippen LogP contribution in [0.15, 0.2) is 15.9 Å². The van der Waals surface area contributed by atoms with Crippen LogP contribution in [0.4, 0.5) is 0 Å². The van der Waals surface area contributed by atoms with E-state index < -0.39 is 11.9 Å². The van der Waals surface area contributed by atoms with E-state index in [-0.39, 0.29) is 25.2 Å². The van der Waals surface area contributed by atoms with Crippen molar-refractivity contribution in [1.29, 1.82) is 0 Å². The Morgan fingerprint density at radius 2 is 2.25 bits per heavy atom.